The van der Waals surface area contributed by atoms with Gasteiger partial charge in [-0.1, -0.05) is 30.3 Å². The molecule has 1 aliphatic heterocycles. The number of nitrogens with zero attached hydrogens (tertiary/aromatic N) is 1. The average Bonchev–Trinajstić information content (AvgIpc) is 2.63. The fraction of sp³-hybridized carbons (Fsp3) is 0.625. The van der Waals surface area contributed by atoms with E-state index in [1.165, 1.54) is 12.0 Å². The van der Waals surface area contributed by atoms with E-state index in [9.17, 15) is 0 Å². The van der Waals surface area contributed by atoms with Gasteiger partial charge in [-0.2, -0.15) is 0 Å². The third-order valence-corrected chi connectivity index (χ3v) is 3.87. The lowest BCUT2D eigenvalue weighted by Gasteiger charge is -2.34. The minimum absolute atomic E-state index is 0.0456. The predicted octanol–water partition coefficient (Wildman–Crippen LogP) is 2.23. The molecule has 19 heavy (non-hydrogen) atoms. The van der Waals surface area contributed by atoms with Crippen LogP contribution in [0.15, 0.2) is 30.3 Å². The fourth-order valence-electron chi connectivity index (χ4n) is 2.78. The van der Waals surface area contributed by atoms with Gasteiger partial charge < -0.3 is 10.1 Å². The number of ether oxygens (including phenoxy) is 1. The van der Waals surface area contributed by atoms with Crippen LogP contribution in [0, 0.1) is 0 Å². The Labute approximate surface area is 116 Å². The van der Waals surface area contributed by atoms with Gasteiger partial charge in [-0.05, 0) is 38.9 Å². The first-order valence-corrected chi connectivity index (χ1v) is 7.35. The minimum atomic E-state index is 0.0456. The molecular formula is C16H26N2O. The second-order valence-corrected chi connectivity index (χ2v) is 5.45. The van der Waals surface area contributed by atoms with Gasteiger partial charge in [0.1, 0.15) is 0 Å². The van der Waals surface area contributed by atoms with Crippen molar-refractivity contribution in [2.24, 2.45) is 0 Å². The van der Waals surface area contributed by atoms with Crippen molar-refractivity contribution in [3.63, 3.8) is 0 Å². The molecule has 1 fully saturated rings. The Bertz CT molecular complexity index is 368. The summed E-state index contributed by atoms with van der Waals surface area (Å²) in [5.41, 5.74) is 1.42. The first-order valence-electron chi connectivity index (χ1n) is 7.35. The van der Waals surface area contributed by atoms with Crippen molar-refractivity contribution in [1.82, 2.24) is 10.2 Å². The quantitative estimate of drug-likeness (QED) is 0.824. The molecule has 2 rings (SSSR count). The summed E-state index contributed by atoms with van der Waals surface area (Å²) in [4.78, 5) is 2.52. The monoisotopic (exact) mass is 262 g/mol. The molecule has 1 aromatic carbocycles. The van der Waals surface area contributed by atoms with Crippen molar-refractivity contribution in [1.29, 1.82) is 0 Å². The number of hydrogen-bond acceptors (Lipinski definition) is 3. The van der Waals surface area contributed by atoms with Crippen molar-refractivity contribution in [2.75, 3.05) is 39.4 Å². The van der Waals surface area contributed by atoms with E-state index in [0.717, 1.165) is 39.4 Å². The first kappa shape index (κ1) is 14.5. The summed E-state index contributed by atoms with van der Waals surface area (Å²) in [5, 5.41) is 3.71. The molecule has 106 valence electrons. The zero-order valence-corrected chi connectivity index (χ0v) is 12.2. The Morgan fingerprint density at radius 1 is 1.32 bits per heavy atom. The summed E-state index contributed by atoms with van der Waals surface area (Å²) in [7, 11) is 0. The maximum Gasteiger partial charge on any atom is 0.0593 e. The van der Waals surface area contributed by atoms with Crippen LogP contribution in [0.25, 0.3) is 0 Å². The number of hydrogen-bond donors (Lipinski definition) is 1. The SMILES string of the molecule is CCOCCN1CCCNC(C)(c2ccccc2)C1. The maximum absolute atomic E-state index is 5.49. The molecule has 1 saturated heterocycles. The van der Waals surface area contributed by atoms with Gasteiger partial charge in [-0.25, -0.2) is 0 Å². The Kier molecular flexibility index (Phi) is 5.37. The van der Waals surface area contributed by atoms with Crippen LogP contribution in [-0.4, -0.2) is 44.3 Å². The summed E-state index contributed by atoms with van der Waals surface area (Å²) in [6.07, 6.45) is 1.20. The average molecular weight is 262 g/mol. The molecule has 0 saturated carbocycles. The lowest BCUT2D eigenvalue weighted by atomic mass is 9.91. The lowest BCUT2D eigenvalue weighted by Crippen LogP contribution is -2.47. The highest BCUT2D eigenvalue weighted by atomic mass is 16.5. The van der Waals surface area contributed by atoms with Crippen LogP contribution in [0.2, 0.25) is 0 Å². The van der Waals surface area contributed by atoms with E-state index in [2.05, 4.69) is 54.4 Å². The Hall–Kier alpha value is -0.900. The van der Waals surface area contributed by atoms with Crippen molar-refractivity contribution >= 4 is 0 Å². The second kappa shape index (κ2) is 7.04. The summed E-state index contributed by atoms with van der Waals surface area (Å²) < 4.78 is 5.49. The number of rotatable bonds is 5. The van der Waals surface area contributed by atoms with E-state index in [4.69, 9.17) is 4.74 Å². The summed E-state index contributed by atoms with van der Waals surface area (Å²) in [5.74, 6) is 0. The Morgan fingerprint density at radius 2 is 2.11 bits per heavy atom. The molecule has 0 radical (unpaired) electrons. The zero-order valence-electron chi connectivity index (χ0n) is 12.2. The van der Waals surface area contributed by atoms with E-state index >= 15 is 0 Å². The summed E-state index contributed by atoms with van der Waals surface area (Å²) in [6, 6.07) is 10.8. The van der Waals surface area contributed by atoms with Gasteiger partial charge in [-0.15, -0.1) is 0 Å². The topological polar surface area (TPSA) is 24.5 Å². The van der Waals surface area contributed by atoms with E-state index in [1.54, 1.807) is 0 Å². The van der Waals surface area contributed by atoms with Crippen molar-refractivity contribution < 1.29 is 4.74 Å². The minimum Gasteiger partial charge on any atom is -0.380 e. The second-order valence-electron chi connectivity index (χ2n) is 5.45. The molecule has 3 nitrogen and oxygen atoms in total. The normalized spacial score (nSPS) is 25.2. The molecule has 1 N–H and O–H groups in total. The maximum atomic E-state index is 5.49. The third kappa shape index (κ3) is 4.03. The van der Waals surface area contributed by atoms with Crippen LogP contribution in [0.3, 0.4) is 0 Å². The molecule has 1 heterocycles. The van der Waals surface area contributed by atoms with Gasteiger partial charge in [0, 0.05) is 19.7 Å². The molecule has 1 unspecified atom stereocenters. The smallest absolute Gasteiger partial charge is 0.0593 e. The van der Waals surface area contributed by atoms with Gasteiger partial charge in [0.05, 0.1) is 12.1 Å². The predicted molar refractivity (Wildman–Crippen MR) is 79.3 cm³/mol. The highest BCUT2D eigenvalue weighted by molar-refractivity contribution is 5.24. The Balaban J connectivity index is 2.03. The van der Waals surface area contributed by atoms with Gasteiger partial charge >= 0.3 is 0 Å². The first-order chi connectivity index (χ1) is 9.24. The molecule has 1 aromatic rings. The molecule has 0 bridgehead atoms. The standard InChI is InChI=1S/C16H26N2O/c1-3-19-13-12-18-11-7-10-17-16(2,14-18)15-8-5-4-6-9-15/h4-6,8-9,17H,3,7,10-14H2,1-2H3. The largest absolute Gasteiger partial charge is 0.380 e. The van der Waals surface area contributed by atoms with E-state index in [1.807, 2.05) is 0 Å². The number of nitrogens with one attached hydrogen (secondary N) is 1. The van der Waals surface area contributed by atoms with Crippen LogP contribution >= 0.6 is 0 Å². The van der Waals surface area contributed by atoms with Crippen LogP contribution in [0.4, 0.5) is 0 Å². The summed E-state index contributed by atoms with van der Waals surface area (Å²) >= 11 is 0. The van der Waals surface area contributed by atoms with Crippen LogP contribution in [0.1, 0.15) is 25.8 Å². The fourth-order valence-corrected chi connectivity index (χ4v) is 2.78. The lowest BCUT2D eigenvalue weighted by molar-refractivity contribution is 0.106. The van der Waals surface area contributed by atoms with E-state index in [-0.39, 0.29) is 5.54 Å². The van der Waals surface area contributed by atoms with E-state index < -0.39 is 0 Å². The highest BCUT2D eigenvalue weighted by Crippen LogP contribution is 2.23. The highest BCUT2D eigenvalue weighted by Gasteiger charge is 2.30. The van der Waals surface area contributed by atoms with Crippen LogP contribution in [0.5, 0.6) is 0 Å². The van der Waals surface area contributed by atoms with E-state index in [0.29, 0.717) is 0 Å². The molecule has 0 spiro atoms. The molecule has 0 amide bonds. The molecular weight excluding hydrogens is 236 g/mol. The van der Waals surface area contributed by atoms with Crippen LogP contribution in [-0.2, 0) is 10.3 Å². The zero-order chi connectivity index (χ0) is 13.6. The number of benzene rings is 1. The molecule has 1 aliphatic rings. The molecule has 0 aromatic heterocycles. The van der Waals surface area contributed by atoms with Gasteiger partial charge in [0.25, 0.3) is 0 Å². The van der Waals surface area contributed by atoms with Gasteiger partial charge in [0.15, 0.2) is 0 Å². The summed E-state index contributed by atoms with van der Waals surface area (Å²) in [6.45, 7) is 10.3. The van der Waals surface area contributed by atoms with Crippen LogP contribution < -0.4 is 5.32 Å². The molecule has 3 heteroatoms. The van der Waals surface area contributed by atoms with Crippen molar-refractivity contribution in [2.45, 2.75) is 25.8 Å². The third-order valence-electron chi connectivity index (χ3n) is 3.87. The van der Waals surface area contributed by atoms with Gasteiger partial charge in [0.2, 0.25) is 0 Å². The van der Waals surface area contributed by atoms with Crippen molar-refractivity contribution in [3.8, 4) is 0 Å². The molecule has 0 aliphatic carbocycles. The van der Waals surface area contributed by atoms with Crippen molar-refractivity contribution in [3.05, 3.63) is 35.9 Å². The van der Waals surface area contributed by atoms with Gasteiger partial charge in [-0.3, -0.25) is 4.90 Å². The molecule has 1 atom stereocenters. The Morgan fingerprint density at radius 3 is 2.84 bits per heavy atom.